The minimum Gasteiger partial charge on any atom is -0.360 e. The van der Waals surface area contributed by atoms with Crippen molar-refractivity contribution in [3.63, 3.8) is 0 Å². The Bertz CT molecular complexity index is 821. The zero-order valence-electron chi connectivity index (χ0n) is 10.8. The van der Waals surface area contributed by atoms with Crippen LogP contribution in [-0.4, -0.2) is 10.8 Å². The molecule has 21 heavy (non-hydrogen) atoms. The van der Waals surface area contributed by atoms with E-state index in [1.165, 1.54) is 30.5 Å². The molecule has 0 unspecified atom stereocenters. The molecule has 5 heteroatoms. The van der Waals surface area contributed by atoms with Gasteiger partial charge in [0, 0.05) is 39.7 Å². The second kappa shape index (κ2) is 5.30. The summed E-state index contributed by atoms with van der Waals surface area (Å²) in [6.07, 6.45) is 1.22. The number of hydrogen-bond donors (Lipinski definition) is 1. The average molecular weight is 306 g/mol. The van der Waals surface area contributed by atoms with Gasteiger partial charge in [0.1, 0.15) is 11.6 Å². The molecule has 0 bridgehead atoms. The third-order valence-electron chi connectivity index (χ3n) is 3.35. The molecular formula is C16H10ClF2NO. The first-order chi connectivity index (χ1) is 10.1. The highest BCUT2D eigenvalue weighted by Crippen LogP contribution is 2.25. The quantitative estimate of drug-likeness (QED) is 0.709. The van der Waals surface area contributed by atoms with E-state index in [-0.39, 0.29) is 28.0 Å². The van der Waals surface area contributed by atoms with Gasteiger partial charge in [-0.05, 0) is 24.3 Å². The number of carbonyl (C=O) groups is 1. The van der Waals surface area contributed by atoms with Crippen molar-refractivity contribution in [3.8, 4) is 0 Å². The van der Waals surface area contributed by atoms with Crippen molar-refractivity contribution in [2.75, 3.05) is 0 Å². The molecule has 0 spiro atoms. The summed E-state index contributed by atoms with van der Waals surface area (Å²) in [4.78, 5) is 15.2. The van der Waals surface area contributed by atoms with Gasteiger partial charge in [-0.25, -0.2) is 8.78 Å². The summed E-state index contributed by atoms with van der Waals surface area (Å²) in [5.74, 6) is -1.42. The summed E-state index contributed by atoms with van der Waals surface area (Å²) in [5.41, 5.74) is 0.843. The Morgan fingerprint density at radius 3 is 2.57 bits per heavy atom. The van der Waals surface area contributed by atoms with E-state index in [0.29, 0.717) is 5.52 Å². The predicted molar refractivity (Wildman–Crippen MR) is 77.7 cm³/mol. The second-order valence-electron chi connectivity index (χ2n) is 4.66. The Morgan fingerprint density at radius 1 is 1.10 bits per heavy atom. The summed E-state index contributed by atoms with van der Waals surface area (Å²) in [7, 11) is 0. The van der Waals surface area contributed by atoms with Crippen LogP contribution in [0.1, 0.15) is 15.9 Å². The molecule has 0 atom stereocenters. The Labute approximate surface area is 124 Å². The maximum atomic E-state index is 13.9. The van der Waals surface area contributed by atoms with E-state index in [2.05, 4.69) is 4.98 Å². The van der Waals surface area contributed by atoms with Crippen LogP contribution in [0.2, 0.25) is 5.02 Å². The fourth-order valence-corrected chi connectivity index (χ4v) is 2.55. The number of ketones is 1. The number of benzene rings is 2. The van der Waals surface area contributed by atoms with E-state index in [4.69, 9.17) is 11.6 Å². The van der Waals surface area contributed by atoms with Gasteiger partial charge in [-0.15, -0.1) is 0 Å². The molecule has 1 aromatic heterocycles. The lowest BCUT2D eigenvalue weighted by Crippen LogP contribution is -2.05. The van der Waals surface area contributed by atoms with E-state index in [1.54, 1.807) is 12.1 Å². The SMILES string of the molecule is O=C(Cc1c(F)cccc1Cl)c1c[nH]c2cccc(F)c12. The molecule has 1 heterocycles. The van der Waals surface area contributed by atoms with Crippen LogP contribution in [0.3, 0.4) is 0 Å². The van der Waals surface area contributed by atoms with Crippen LogP contribution in [0.25, 0.3) is 10.9 Å². The van der Waals surface area contributed by atoms with Gasteiger partial charge in [-0.1, -0.05) is 23.7 Å². The summed E-state index contributed by atoms with van der Waals surface area (Å²) in [6.45, 7) is 0. The zero-order chi connectivity index (χ0) is 15.0. The number of rotatable bonds is 3. The molecule has 0 fully saturated rings. The summed E-state index contributed by atoms with van der Waals surface area (Å²) >= 11 is 5.91. The normalized spacial score (nSPS) is 11.0. The van der Waals surface area contributed by atoms with Crippen molar-refractivity contribution in [1.82, 2.24) is 4.98 Å². The first-order valence-corrected chi connectivity index (χ1v) is 6.67. The van der Waals surface area contributed by atoms with E-state index in [9.17, 15) is 13.6 Å². The van der Waals surface area contributed by atoms with Gasteiger partial charge >= 0.3 is 0 Å². The third kappa shape index (κ3) is 2.43. The fraction of sp³-hybridized carbons (Fsp3) is 0.0625. The Kier molecular flexibility index (Phi) is 3.47. The molecule has 3 aromatic rings. The first-order valence-electron chi connectivity index (χ1n) is 6.29. The number of nitrogens with one attached hydrogen (secondary N) is 1. The lowest BCUT2D eigenvalue weighted by Gasteiger charge is -2.05. The van der Waals surface area contributed by atoms with Crippen molar-refractivity contribution < 1.29 is 13.6 Å². The van der Waals surface area contributed by atoms with Crippen molar-refractivity contribution in [3.05, 3.63) is 70.4 Å². The van der Waals surface area contributed by atoms with Gasteiger partial charge in [0.15, 0.2) is 5.78 Å². The minimum absolute atomic E-state index is 0.120. The van der Waals surface area contributed by atoms with Gasteiger partial charge in [-0.3, -0.25) is 4.79 Å². The molecule has 106 valence electrons. The molecule has 2 nitrogen and oxygen atoms in total. The molecule has 0 aliphatic rings. The number of Topliss-reactive ketones (excluding diaryl/α,β-unsaturated/α-hetero) is 1. The van der Waals surface area contributed by atoms with Gasteiger partial charge in [0.25, 0.3) is 0 Å². The standard InChI is InChI=1S/C16H10ClF2NO/c17-11-3-1-4-12(18)9(11)7-15(21)10-8-20-14-6-2-5-13(19)16(10)14/h1-6,8,20H,7H2. The molecule has 0 saturated carbocycles. The number of halogens is 3. The van der Waals surface area contributed by atoms with Gasteiger partial charge in [0.05, 0.1) is 0 Å². The molecule has 0 aliphatic heterocycles. The highest BCUT2D eigenvalue weighted by molar-refractivity contribution is 6.31. The number of H-pyrrole nitrogens is 1. The lowest BCUT2D eigenvalue weighted by molar-refractivity contribution is 0.0993. The smallest absolute Gasteiger partial charge is 0.169 e. The van der Waals surface area contributed by atoms with Crippen molar-refractivity contribution in [1.29, 1.82) is 0 Å². The van der Waals surface area contributed by atoms with Crippen LogP contribution in [0.4, 0.5) is 8.78 Å². The largest absolute Gasteiger partial charge is 0.360 e. The number of aromatic nitrogens is 1. The molecule has 2 aromatic carbocycles. The Hall–Kier alpha value is -2.20. The Balaban J connectivity index is 2.02. The van der Waals surface area contributed by atoms with Crippen LogP contribution in [0.5, 0.6) is 0 Å². The molecule has 1 N–H and O–H groups in total. The number of carbonyl (C=O) groups excluding carboxylic acids is 1. The summed E-state index contributed by atoms with van der Waals surface area (Å²) < 4.78 is 27.6. The van der Waals surface area contributed by atoms with Crippen LogP contribution < -0.4 is 0 Å². The van der Waals surface area contributed by atoms with E-state index >= 15 is 0 Å². The third-order valence-corrected chi connectivity index (χ3v) is 3.71. The molecule has 3 rings (SSSR count). The summed E-state index contributed by atoms with van der Waals surface area (Å²) in [6, 6.07) is 8.73. The van der Waals surface area contributed by atoms with E-state index in [0.717, 1.165) is 0 Å². The van der Waals surface area contributed by atoms with Crippen molar-refractivity contribution in [2.24, 2.45) is 0 Å². The second-order valence-corrected chi connectivity index (χ2v) is 5.07. The first kappa shape index (κ1) is 13.8. The van der Waals surface area contributed by atoms with E-state index in [1.807, 2.05) is 0 Å². The topological polar surface area (TPSA) is 32.9 Å². The van der Waals surface area contributed by atoms with Crippen LogP contribution in [-0.2, 0) is 6.42 Å². The van der Waals surface area contributed by atoms with Gasteiger partial charge in [0.2, 0.25) is 0 Å². The highest BCUT2D eigenvalue weighted by Gasteiger charge is 2.18. The molecule has 0 saturated heterocycles. The monoisotopic (exact) mass is 305 g/mol. The molecule has 0 radical (unpaired) electrons. The average Bonchev–Trinajstić information content (AvgIpc) is 2.88. The maximum Gasteiger partial charge on any atom is 0.169 e. The van der Waals surface area contributed by atoms with E-state index < -0.39 is 17.4 Å². The Morgan fingerprint density at radius 2 is 1.81 bits per heavy atom. The fourth-order valence-electron chi connectivity index (χ4n) is 2.32. The van der Waals surface area contributed by atoms with Crippen LogP contribution >= 0.6 is 11.6 Å². The van der Waals surface area contributed by atoms with Crippen LogP contribution in [0, 0.1) is 11.6 Å². The molecular weight excluding hydrogens is 296 g/mol. The summed E-state index contributed by atoms with van der Waals surface area (Å²) in [5, 5.41) is 0.402. The minimum atomic E-state index is -0.545. The highest BCUT2D eigenvalue weighted by atomic mass is 35.5. The number of fused-ring (bicyclic) bond motifs is 1. The maximum absolute atomic E-state index is 13.9. The molecule has 0 aliphatic carbocycles. The van der Waals surface area contributed by atoms with Crippen molar-refractivity contribution in [2.45, 2.75) is 6.42 Å². The number of aromatic amines is 1. The number of hydrogen-bond acceptors (Lipinski definition) is 1. The van der Waals surface area contributed by atoms with Gasteiger partial charge in [-0.2, -0.15) is 0 Å². The van der Waals surface area contributed by atoms with Gasteiger partial charge < -0.3 is 4.98 Å². The predicted octanol–water partition coefficient (Wildman–Crippen LogP) is 4.52. The zero-order valence-corrected chi connectivity index (χ0v) is 11.5. The van der Waals surface area contributed by atoms with Crippen molar-refractivity contribution >= 4 is 28.3 Å². The lowest BCUT2D eigenvalue weighted by atomic mass is 10.0. The molecule has 0 amide bonds. The van der Waals surface area contributed by atoms with Crippen LogP contribution in [0.15, 0.2) is 42.6 Å².